The van der Waals surface area contributed by atoms with Crippen molar-refractivity contribution in [1.29, 1.82) is 0 Å². The molecule has 2 aromatic carbocycles. The Balaban J connectivity index is 1.84. The van der Waals surface area contributed by atoms with E-state index in [0.717, 1.165) is 27.9 Å². The average Bonchev–Trinajstić information content (AvgIpc) is 2.91. The molecule has 2 N–H and O–H groups in total. The van der Waals surface area contributed by atoms with Crippen LogP contribution in [0.3, 0.4) is 0 Å². The maximum Gasteiger partial charge on any atom is 0.244 e. The third kappa shape index (κ3) is 3.85. The summed E-state index contributed by atoms with van der Waals surface area (Å²) in [6, 6.07) is 13.9. The van der Waals surface area contributed by atoms with Gasteiger partial charge in [0, 0.05) is 11.3 Å². The number of amides is 1. The summed E-state index contributed by atoms with van der Waals surface area (Å²) in [5, 5.41) is 10.0. The quantitative estimate of drug-likeness (QED) is 0.693. The molecule has 0 atom stereocenters. The molecule has 0 saturated carbocycles. The molecule has 1 amide bonds. The summed E-state index contributed by atoms with van der Waals surface area (Å²) in [6.07, 6.45) is 0. The first kappa shape index (κ1) is 17.1. The van der Waals surface area contributed by atoms with Gasteiger partial charge in [-0.3, -0.25) is 14.5 Å². The second kappa shape index (κ2) is 7.03. The Morgan fingerprint density at radius 2 is 1.92 bits per heavy atom. The zero-order chi connectivity index (χ0) is 18.0. The van der Waals surface area contributed by atoms with Gasteiger partial charge >= 0.3 is 0 Å². The number of carbonyl (C=O) groups excluding carboxylic acids is 1. The first-order chi connectivity index (χ1) is 11.9. The molecule has 1 aromatic heterocycles. The summed E-state index contributed by atoms with van der Waals surface area (Å²) in [7, 11) is 0. The second-order valence-corrected chi connectivity index (χ2v) is 6.56. The predicted molar refractivity (Wildman–Crippen MR) is 102 cm³/mol. The van der Waals surface area contributed by atoms with E-state index in [1.807, 2.05) is 63.2 Å². The number of aryl methyl sites for hydroxylation is 3. The number of hydrogen-bond acceptors (Lipinski definition) is 3. The van der Waals surface area contributed by atoms with Gasteiger partial charge in [-0.2, -0.15) is 5.10 Å². The van der Waals surface area contributed by atoms with Crippen LogP contribution in [0.4, 0.5) is 5.69 Å². The second-order valence-electron chi connectivity index (χ2n) is 6.17. The molecule has 0 fully saturated rings. The molecule has 0 aliphatic rings. The van der Waals surface area contributed by atoms with Gasteiger partial charge in [0.25, 0.3) is 0 Å². The van der Waals surface area contributed by atoms with Gasteiger partial charge in [0.1, 0.15) is 6.54 Å². The van der Waals surface area contributed by atoms with E-state index < -0.39 is 0 Å². The summed E-state index contributed by atoms with van der Waals surface area (Å²) < 4.78 is 2.13. The van der Waals surface area contributed by atoms with E-state index in [-0.39, 0.29) is 12.5 Å². The molecule has 0 bridgehead atoms. The highest BCUT2D eigenvalue weighted by atomic mass is 32.1. The largest absolute Gasteiger partial charge is 0.324 e. The summed E-state index contributed by atoms with van der Waals surface area (Å²) >= 11 is 5.30. The normalized spacial score (nSPS) is 10.7. The van der Waals surface area contributed by atoms with Crippen LogP contribution in [0.15, 0.2) is 42.5 Å². The number of anilines is 1. The molecule has 0 unspecified atom stereocenters. The van der Waals surface area contributed by atoms with Crippen LogP contribution < -0.4 is 5.32 Å². The van der Waals surface area contributed by atoms with Gasteiger partial charge in [0.15, 0.2) is 10.6 Å². The molecule has 0 radical (unpaired) electrons. The van der Waals surface area contributed by atoms with E-state index in [4.69, 9.17) is 12.2 Å². The number of rotatable bonds is 4. The third-order valence-electron chi connectivity index (χ3n) is 3.99. The van der Waals surface area contributed by atoms with E-state index in [2.05, 4.69) is 15.5 Å². The fourth-order valence-electron chi connectivity index (χ4n) is 2.76. The molecule has 5 nitrogen and oxygen atoms in total. The van der Waals surface area contributed by atoms with Crippen molar-refractivity contribution in [3.63, 3.8) is 0 Å². The standard InChI is InChI=1S/C19H20N4OS/c1-12-5-4-6-15(10-12)18-21-22-19(25)23(18)11-17(24)20-16-8-7-13(2)9-14(16)3/h4-10H,11H2,1-3H3,(H,20,24)(H,22,25). The maximum absolute atomic E-state index is 12.5. The van der Waals surface area contributed by atoms with Crippen LogP contribution in [-0.4, -0.2) is 20.7 Å². The summed E-state index contributed by atoms with van der Waals surface area (Å²) in [5.41, 5.74) is 5.05. The SMILES string of the molecule is Cc1cccc(-c2n[nH]c(=S)n2CC(=O)Nc2ccc(C)cc2C)c1. The molecule has 25 heavy (non-hydrogen) atoms. The van der Waals surface area contributed by atoms with Crippen LogP contribution in [0.2, 0.25) is 0 Å². The third-order valence-corrected chi connectivity index (χ3v) is 4.30. The lowest BCUT2D eigenvalue weighted by Crippen LogP contribution is -2.20. The zero-order valence-corrected chi connectivity index (χ0v) is 15.3. The molecule has 0 aliphatic carbocycles. The van der Waals surface area contributed by atoms with E-state index in [1.54, 1.807) is 4.57 Å². The lowest BCUT2D eigenvalue weighted by molar-refractivity contribution is -0.116. The Morgan fingerprint density at radius 1 is 1.16 bits per heavy atom. The Kier molecular flexibility index (Phi) is 4.81. The van der Waals surface area contributed by atoms with Gasteiger partial charge in [0.05, 0.1) is 0 Å². The molecular formula is C19H20N4OS. The number of benzene rings is 2. The van der Waals surface area contributed by atoms with Crippen molar-refractivity contribution in [2.24, 2.45) is 0 Å². The smallest absolute Gasteiger partial charge is 0.244 e. The average molecular weight is 352 g/mol. The highest BCUT2D eigenvalue weighted by Gasteiger charge is 2.13. The lowest BCUT2D eigenvalue weighted by atomic mass is 10.1. The number of aromatic amines is 1. The number of carbonyl (C=O) groups is 1. The number of aromatic nitrogens is 3. The van der Waals surface area contributed by atoms with E-state index in [9.17, 15) is 4.79 Å². The number of H-pyrrole nitrogens is 1. The fraction of sp³-hybridized carbons (Fsp3) is 0.211. The Morgan fingerprint density at radius 3 is 2.64 bits per heavy atom. The van der Waals surface area contributed by atoms with Gasteiger partial charge in [-0.05, 0) is 50.7 Å². The van der Waals surface area contributed by atoms with Crippen LogP contribution in [0, 0.1) is 25.5 Å². The van der Waals surface area contributed by atoms with Gasteiger partial charge in [-0.1, -0.05) is 41.5 Å². The number of nitrogens with one attached hydrogen (secondary N) is 2. The minimum absolute atomic E-state index is 0.103. The van der Waals surface area contributed by atoms with Crippen molar-refractivity contribution in [1.82, 2.24) is 14.8 Å². The van der Waals surface area contributed by atoms with Crippen molar-refractivity contribution in [3.8, 4) is 11.4 Å². The van der Waals surface area contributed by atoms with Crippen molar-refractivity contribution < 1.29 is 4.79 Å². The van der Waals surface area contributed by atoms with Gasteiger partial charge in [-0.15, -0.1) is 0 Å². The van der Waals surface area contributed by atoms with Crippen LogP contribution in [0.5, 0.6) is 0 Å². The Labute approximate surface area is 151 Å². The molecule has 3 rings (SSSR count). The highest BCUT2D eigenvalue weighted by molar-refractivity contribution is 7.71. The molecule has 0 saturated heterocycles. The molecule has 3 aromatic rings. The Hall–Kier alpha value is -2.73. The molecule has 0 aliphatic heterocycles. The number of nitrogens with zero attached hydrogens (tertiary/aromatic N) is 2. The van der Waals surface area contributed by atoms with Crippen LogP contribution in [0.1, 0.15) is 16.7 Å². The van der Waals surface area contributed by atoms with Crippen molar-refractivity contribution >= 4 is 23.8 Å². The van der Waals surface area contributed by atoms with Gasteiger partial charge < -0.3 is 5.32 Å². The molecule has 0 spiro atoms. The van der Waals surface area contributed by atoms with Gasteiger partial charge in [0.2, 0.25) is 5.91 Å². The van der Waals surface area contributed by atoms with Crippen molar-refractivity contribution in [3.05, 3.63) is 63.9 Å². The van der Waals surface area contributed by atoms with Crippen molar-refractivity contribution in [2.75, 3.05) is 5.32 Å². The topological polar surface area (TPSA) is 62.7 Å². The minimum atomic E-state index is -0.140. The summed E-state index contributed by atoms with van der Waals surface area (Å²) in [5.74, 6) is 0.517. The maximum atomic E-state index is 12.5. The van der Waals surface area contributed by atoms with Crippen molar-refractivity contribution in [2.45, 2.75) is 27.3 Å². The first-order valence-corrected chi connectivity index (χ1v) is 8.44. The number of hydrogen-bond donors (Lipinski definition) is 2. The first-order valence-electron chi connectivity index (χ1n) is 8.03. The van der Waals surface area contributed by atoms with E-state index >= 15 is 0 Å². The fourth-order valence-corrected chi connectivity index (χ4v) is 2.95. The molecular weight excluding hydrogens is 332 g/mol. The molecule has 1 heterocycles. The lowest BCUT2D eigenvalue weighted by Gasteiger charge is -2.11. The van der Waals surface area contributed by atoms with E-state index in [0.29, 0.717) is 10.6 Å². The van der Waals surface area contributed by atoms with Gasteiger partial charge in [-0.25, -0.2) is 0 Å². The highest BCUT2D eigenvalue weighted by Crippen LogP contribution is 2.19. The minimum Gasteiger partial charge on any atom is -0.324 e. The zero-order valence-electron chi connectivity index (χ0n) is 14.5. The summed E-state index contributed by atoms with van der Waals surface area (Å²) in [4.78, 5) is 12.5. The van der Waals surface area contributed by atoms with Crippen LogP contribution in [0.25, 0.3) is 11.4 Å². The molecule has 6 heteroatoms. The monoisotopic (exact) mass is 352 g/mol. The predicted octanol–water partition coefficient (Wildman–Crippen LogP) is 4.17. The van der Waals surface area contributed by atoms with Crippen LogP contribution >= 0.6 is 12.2 Å². The van der Waals surface area contributed by atoms with Crippen LogP contribution in [-0.2, 0) is 11.3 Å². The molecule has 128 valence electrons. The Bertz CT molecular complexity index is 987. The summed E-state index contributed by atoms with van der Waals surface area (Å²) in [6.45, 7) is 6.12. The van der Waals surface area contributed by atoms with E-state index in [1.165, 1.54) is 0 Å².